The van der Waals surface area contributed by atoms with Crippen molar-refractivity contribution in [2.24, 2.45) is 0 Å². The topological polar surface area (TPSA) is 29.1 Å². The van der Waals surface area contributed by atoms with E-state index in [1.165, 1.54) is 12.1 Å². The minimum absolute atomic E-state index is 0.0700. The van der Waals surface area contributed by atoms with Gasteiger partial charge in [-0.3, -0.25) is 4.79 Å². The summed E-state index contributed by atoms with van der Waals surface area (Å²) in [7, 11) is 0. The zero-order valence-electron chi connectivity index (χ0n) is 11.5. The Morgan fingerprint density at radius 2 is 1.95 bits per heavy atom. The fourth-order valence-corrected chi connectivity index (χ4v) is 2.59. The summed E-state index contributed by atoms with van der Waals surface area (Å²) in [4.78, 5) is 12.2. The van der Waals surface area contributed by atoms with Gasteiger partial charge in [-0.05, 0) is 30.2 Å². The van der Waals surface area contributed by atoms with E-state index in [0.29, 0.717) is 0 Å². The molecule has 5 heteroatoms. The standard InChI is InChI=1S/C16H15F2NOS/c1-2-11-5-3-4-6-14(11)19-16(20)10-21-15-8-7-12(17)9-13(15)18/h3-9H,2,10H2,1H3,(H,19,20). The number of halogens is 2. The lowest BCUT2D eigenvalue weighted by molar-refractivity contribution is -0.113. The van der Waals surface area contributed by atoms with E-state index in [2.05, 4.69) is 5.32 Å². The van der Waals surface area contributed by atoms with Crippen molar-refractivity contribution in [2.75, 3.05) is 11.1 Å². The maximum absolute atomic E-state index is 13.5. The molecule has 110 valence electrons. The minimum atomic E-state index is -0.651. The second-order valence-electron chi connectivity index (χ2n) is 4.42. The monoisotopic (exact) mass is 307 g/mol. The lowest BCUT2D eigenvalue weighted by Gasteiger charge is -2.09. The highest BCUT2D eigenvalue weighted by Gasteiger charge is 2.09. The third-order valence-corrected chi connectivity index (χ3v) is 3.97. The molecule has 1 amide bonds. The van der Waals surface area contributed by atoms with Gasteiger partial charge in [0.05, 0.1) is 5.75 Å². The van der Waals surface area contributed by atoms with E-state index in [9.17, 15) is 13.6 Å². The van der Waals surface area contributed by atoms with Gasteiger partial charge >= 0.3 is 0 Å². The molecule has 0 radical (unpaired) electrons. The molecule has 0 heterocycles. The first-order valence-electron chi connectivity index (χ1n) is 6.55. The highest BCUT2D eigenvalue weighted by molar-refractivity contribution is 8.00. The van der Waals surface area contributed by atoms with E-state index in [1.807, 2.05) is 31.2 Å². The number of amides is 1. The van der Waals surface area contributed by atoms with Gasteiger partial charge < -0.3 is 5.32 Å². The zero-order valence-corrected chi connectivity index (χ0v) is 12.3. The summed E-state index contributed by atoms with van der Waals surface area (Å²) in [6, 6.07) is 10.9. The van der Waals surface area contributed by atoms with Crippen LogP contribution in [0.2, 0.25) is 0 Å². The molecule has 0 aliphatic rings. The average Bonchev–Trinajstić information content (AvgIpc) is 2.47. The van der Waals surface area contributed by atoms with Crippen LogP contribution in [0.4, 0.5) is 14.5 Å². The van der Waals surface area contributed by atoms with E-state index in [-0.39, 0.29) is 16.6 Å². The first-order chi connectivity index (χ1) is 10.1. The predicted octanol–water partition coefficient (Wildman–Crippen LogP) is 4.26. The van der Waals surface area contributed by atoms with Gasteiger partial charge in [-0.2, -0.15) is 0 Å². The smallest absolute Gasteiger partial charge is 0.234 e. The minimum Gasteiger partial charge on any atom is -0.325 e. The summed E-state index contributed by atoms with van der Waals surface area (Å²) in [5.74, 6) is -1.43. The summed E-state index contributed by atoms with van der Waals surface area (Å²) in [5.41, 5.74) is 1.81. The number of benzene rings is 2. The molecule has 0 fully saturated rings. The Kier molecular flexibility index (Phi) is 5.33. The molecule has 0 saturated heterocycles. The fraction of sp³-hybridized carbons (Fsp3) is 0.188. The lowest BCUT2D eigenvalue weighted by Crippen LogP contribution is -2.15. The Hall–Kier alpha value is -1.88. The molecule has 2 aromatic rings. The Morgan fingerprint density at radius 3 is 2.67 bits per heavy atom. The average molecular weight is 307 g/mol. The van der Waals surface area contributed by atoms with Gasteiger partial charge in [0.1, 0.15) is 11.6 Å². The van der Waals surface area contributed by atoms with E-state index in [4.69, 9.17) is 0 Å². The number of carbonyl (C=O) groups excluding carboxylic acids is 1. The fourth-order valence-electron chi connectivity index (χ4n) is 1.87. The van der Waals surface area contributed by atoms with Crippen LogP contribution in [0.5, 0.6) is 0 Å². The van der Waals surface area contributed by atoms with Gasteiger partial charge in [0.15, 0.2) is 0 Å². The summed E-state index contributed by atoms with van der Waals surface area (Å²) >= 11 is 1.04. The van der Waals surface area contributed by atoms with Crippen molar-refractivity contribution in [3.8, 4) is 0 Å². The van der Waals surface area contributed by atoms with Crippen molar-refractivity contribution in [3.63, 3.8) is 0 Å². The van der Waals surface area contributed by atoms with Crippen LogP contribution < -0.4 is 5.32 Å². The van der Waals surface area contributed by atoms with Crippen molar-refractivity contribution >= 4 is 23.4 Å². The van der Waals surface area contributed by atoms with Gasteiger partial charge in [-0.1, -0.05) is 25.1 Å². The quantitative estimate of drug-likeness (QED) is 0.836. The molecule has 2 rings (SSSR count). The highest BCUT2D eigenvalue weighted by Crippen LogP contribution is 2.23. The molecule has 0 atom stereocenters. The predicted molar refractivity (Wildman–Crippen MR) is 81.5 cm³/mol. The summed E-state index contributed by atoms with van der Waals surface area (Å²) in [6.07, 6.45) is 0.816. The molecule has 2 nitrogen and oxygen atoms in total. The van der Waals surface area contributed by atoms with Gasteiger partial charge in [0, 0.05) is 16.6 Å². The van der Waals surface area contributed by atoms with Crippen LogP contribution in [0.1, 0.15) is 12.5 Å². The molecular weight excluding hydrogens is 292 g/mol. The zero-order chi connectivity index (χ0) is 15.2. The summed E-state index contributed by atoms with van der Waals surface area (Å²) in [6.45, 7) is 2.01. The largest absolute Gasteiger partial charge is 0.325 e. The first kappa shape index (κ1) is 15.5. The third-order valence-electron chi connectivity index (χ3n) is 2.93. The number of aryl methyl sites for hydroxylation is 1. The Labute approximate surface area is 126 Å². The molecule has 0 saturated carbocycles. The van der Waals surface area contributed by atoms with Crippen molar-refractivity contribution in [1.29, 1.82) is 0 Å². The molecular formula is C16H15F2NOS. The van der Waals surface area contributed by atoms with Crippen LogP contribution in [0.25, 0.3) is 0 Å². The first-order valence-corrected chi connectivity index (χ1v) is 7.54. The van der Waals surface area contributed by atoms with Crippen LogP contribution in [0.3, 0.4) is 0 Å². The van der Waals surface area contributed by atoms with E-state index in [1.54, 1.807) is 0 Å². The van der Waals surface area contributed by atoms with Gasteiger partial charge in [0.25, 0.3) is 0 Å². The molecule has 1 N–H and O–H groups in total. The lowest BCUT2D eigenvalue weighted by atomic mass is 10.1. The van der Waals surface area contributed by atoms with Crippen LogP contribution in [0.15, 0.2) is 47.4 Å². The number of nitrogens with one attached hydrogen (secondary N) is 1. The second-order valence-corrected chi connectivity index (χ2v) is 5.44. The van der Waals surface area contributed by atoms with Crippen molar-refractivity contribution in [1.82, 2.24) is 0 Å². The molecule has 0 aliphatic carbocycles. The number of hydrogen-bond acceptors (Lipinski definition) is 2. The number of thioether (sulfide) groups is 1. The highest BCUT2D eigenvalue weighted by atomic mass is 32.2. The van der Waals surface area contributed by atoms with Crippen LogP contribution >= 0.6 is 11.8 Å². The number of rotatable bonds is 5. The van der Waals surface area contributed by atoms with E-state index >= 15 is 0 Å². The van der Waals surface area contributed by atoms with Crippen LogP contribution in [-0.4, -0.2) is 11.7 Å². The van der Waals surface area contributed by atoms with E-state index < -0.39 is 11.6 Å². The molecule has 0 aromatic heterocycles. The van der Waals surface area contributed by atoms with Crippen molar-refractivity contribution in [3.05, 3.63) is 59.7 Å². The Balaban J connectivity index is 1.96. The molecule has 21 heavy (non-hydrogen) atoms. The van der Waals surface area contributed by atoms with Gasteiger partial charge in [-0.25, -0.2) is 8.78 Å². The summed E-state index contributed by atoms with van der Waals surface area (Å²) < 4.78 is 26.2. The number of para-hydroxylation sites is 1. The molecule has 0 bridgehead atoms. The normalized spacial score (nSPS) is 10.4. The van der Waals surface area contributed by atoms with Crippen molar-refractivity contribution < 1.29 is 13.6 Å². The van der Waals surface area contributed by atoms with Gasteiger partial charge in [0.2, 0.25) is 5.91 Å². The molecule has 2 aromatic carbocycles. The maximum atomic E-state index is 13.5. The Morgan fingerprint density at radius 1 is 1.19 bits per heavy atom. The van der Waals surface area contributed by atoms with Gasteiger partial charge in [-0.15, -0.1) is 11.8 Å². The van der Waals surface area contributed by atoms with Crippen LogP contribution in [-0.2, 0) is 11.2 Å². The molecule has 0 spiro atoms. The maximum Gasteiger partial charge on any atom is 0.234 e. The number of carbonyl (C=O) groups is 1. The molecule has 0 aliphatic heterocycles. The Bertz CT molecular complexity index is 646. The SMILES string of the molecule is CCc1ccccc1NC(=O)CSc1ccc(F)cc1F. The van der Waals surface area contributed by atoms with Crippen molar-refractivity contribution in [2.45, 2.75) is 18.2 Å². The number of anilines is 1. The number of hydrogen-bond donors (Lipinski definition) is 1. The summed E-state index contributed by atoms with van der Waals surface area (Å²) in [5, 5.41) is 2.81. The second kappa shape index (κ2) is 7.22. The third kappa shape index (κ3) is 4.29. The molecule has 0 unspecified atom stereocenters. The van der Waals surface area contributed by atoms with E-state index in [0.717, 1.165) is 35.5 Å². The van der Waals surface area contributed by atoms with Crippen LogP contribution in [0, 0.1) is 11.6 Å².